The molecule has 0 heterocycles. The van der Waals surface area contributed by atoms with Gasteiger partial charge in [0.1, 0.15) is 5.82 Å². The molecule has 0 spiro atoms. The highest BCUT2D eigenvalue weighted by Gasteiger charge is 2.22. The average Bonchev–Trinajstić information content (AvgIpc) is 2.91. The molecular formula is C30H34ClFN2O4. The minimum Gasteiger partial charge on any atom is -0.389 e. The lowest BCUT2D eigenvalue weighted by atomic mass is 9.93. The van der Waals surface area contributed by atoms with Crippen molar-refractivity contribution in [1.82, 2.24) is 5.32 Å². The van der Waals surface area contributed by atoms with Crippen LogP contribution in [0.5, 0.6) is 0 Å². The Bertz CT molecular complexity index is 1280. The van der Waals surface area contributed by atoms with Crippen molar-refractivity contribution in [3.05, 3.63) is 98.7 Å². The number of hydrogen-bond acceptors (Lipinski definition) is 5. The van der Waals surface area contributed by atoms with Gasteiger partial charge < -0.3 is 15.2 Å². The molecule has 0 saturated heterocycles. The predicted octanol–water partition coefficient (Wildman–Crippen LogP) is 6.66. The molecule has 0 aliphatic rings. The molecule has 0 radical (unpaired) electrons. The van der Waals surface area contributed by atoms with Crippen LogP contribution in [0.2, 0.25) is 5.02 Å². The zero-order chi connectivity index (χ0) is 27.9. The topological polar surface area (TPSA) is 88.0 Å². The molecule has 3 aromatic rings. The van der Waals surface area contributed by atoms with E-state index in [2.05, 4.69) is 10.5 Å². The molecule has 0 aromatic heterocycles. The lowest BCUT2D eigenvalue weighted by Crippen LogP contribution is -2.46. The summed E-state index contributed by atoms with van der Waals surface area (Å²) in [5.41, 5.74) is 3.91. The standard InChI is InChI=1S/C30H34ClFN2O4/c1-5-20-14-21(11-13-27(20)29(36)34-37)26-9-7-6-8-25(26)19(2)38-18-24(35)17-33-30(3,4)16-22-10-12-23(31)15-28(22)32/h6-15,19,24,33,35H,5,16-18H2,1-4H3/t19-,24-/m1/s1. The van der Waals surface area contributed by atoms with Crippen LogP contribution in [0.25, 0.3) is 11.1 Å². The van der Waals surface area contributed by atoms with Gasteiger partial charge in [0.15, 0.2) is 0 Å². The summed E-state index contributed by atoms with van der Waals surface area (Å²) in [5.74, 6) is -1.13. The molecule has 0 unspecified atom stereocenters. The summed E-state index contributed by atoms with van der Waals surface area (Å²) in [6.07, 6.45) is -0.0777. The molecule has 3 aromatic carbocycles. The summed E-state index contributed by atoms with van der Waals surface area (Å²) >= 11 is 5.85. The van der Waals surface area contributed by atoms with E-state index in [9.17, 15) is 19.2 Å². The van der Waals surface area contributed by atoms with E-state index in [0.29, 0.717) is 29.0 Å². The van der Waals surface area contributed by atoms with Crippen LogP contribution in [0.1, 0.15) is 60.8 Å². The number of ether oxygens (including phenoxy) is 1. The molecule has 0 bridgehead atoms. The first-order valence-electron chi connectivity index (χ1n) is 12.6. The first kappa shape index (κ1) is 29.6. The summed E-state index contributed by atoms with van der Waals surface area (Å²) in [7, 11) is 0. The maximum Gasteiger partial charge on any atom is 0.317 e. The van der Waals surface area contributed by atoms with E-state index in [0.717, 1.165) is 22.3 Å². The van der Waals surface area contributed by atoms with Crippen molar-refractivity contribution in [2.45, 2.75) is 58.3 Å². The fraction of sp³-hybridized carbons (Fsp3) is 0.367. The smallest absolute Gasteiger partial charge is 0.317 e. The highest BCUT2D eigenvalue weighted by Crippen LogP contribution is 2.32. The molecule has 0 aliphatic carbocycles. The third-order valence-corrected chi connectivity index (χ3v) is 6.75. The summed E-state index contributed by atoms with van der Waals surface area (Å²) in [6.45, 7) is 8.11. The zero-order valence-corrected chi connectivity index (χ0v) is 22.9. The molecule has 6 nitrogen and oxygen atoms in total. The van der Waals surface area contributed by atoms with Gasteiger partial charge in [-0.25, -0.2) is 4.39 Å². The molecule has 2 atom stereocenters. The van der Waals surface area contributed by atoms with E-state index in [4.69, 9.17) is 16.3 Å². The van der Waals surface area contributed by atoms with Crippen LogP contribution in [0, 0.1) is 10.7 Å². The Morgan fingerprint density at radius 3 is 2.55 bits per heavy atom. The monoisotopic (exact) mass is 540 g/mol. The summed E-state index contributed by atoms with van der Waals surface area (Å²) in [4.78, 5) is 22.6. The van der Waals surface area contributed by atoms with Gasteiger partial charge in [-0.3, -0.25) is 4.79 Å². The van der Waals surface area contributed by atoms with Crippen molar-refractivity contribution < 1.29 is 19.0 Å². The Labute approximate surface area is 228 Å². The predicted molar refractivity (Wildman–Crippen MR) is 149 cm³/mol. The normalized spacial score (nSPS) is 13.2. The highest BCUT2D eigenvalue weighted by molar-refractivity contribution is 6.30. The largest absolute Gasteiger partial charge is 0.389 e. The third kappa shape index (κ3) is 7.77. The third-order valence-electron chi connectivity index (χ3n) is 6.51. The van der Waals surface area contributed by atoms with E-state index < -0.39 is 17.6 Å². The Hall–Kier alpha value is -2.97. The van der Waals surface area contributed by atoms with Crippen LogP contribution in [-0.4, -0.2) is 35.8 Å². The van der Waals surface area contributed by atoms with Gasteiger partial charge in [-0.05, 0) is 79.6 Å². The second-order valence-corrected chi connectivity index (χ2v) is 10.5. The number of amides is 1. The van der Waals surface area contributed by atoms with Crippen LogP contribution < -0.4 is 5.32 Å². The number of nitrogens with zero attached hydrogens (tertiary/aromatic N) is 1. The van der Waals surface area contributed by atoms with Crippen molar-refractivity contribution >= 4 is 17.5 Å². The number of carbonyl (C=O) groups is 1. The van der Waals surface area contributed by atoms with E-state index >= 15 is 0 Å². The number of aliphatic hydroxyl groups excluding tert-OH is 1. The van der Waals surface area contributed by atoms with Gasteiger partial charge in [-0.1, -0.05) is 61.0 Å². The minimum absolute atomic E-state index is 0.104. The molecule has 3 rings (SSSR count). The van der Waals surface area contributed by atoms with Gasteiger partial charge >= 0.3 is 5.91 Å². The minimum atomic E-state index is -0.775. The number of benzene rings is 3. The van der Waals surface area contributed by atoms with Crippen LogP contribution in [0.15, 0.2) is 65.8 Å². The van der Waals surface area contributed by atoms with Crippen molar-refractivity contribution in [2.75, 3.05) is 13.2 Å². The van der Waals surface area contributed by atoms with Crippen molar-refractivity contribution in [3.8, 4) is 11.1 Å². The summed E-state index contributed by atoms with van der Waals surface area (Å²) < 4.78 is 20.2. The lowest BCUT2D eigenvalue weighted by Gasteiger charge is -2.28. The number of carbonyl (C=O) groups excluding carboxylic acids is 1. The van der Waals surface area contributed by atoms with Crippen molar-refractivity contribution in [2.24, 2.45) is 5.18 Å². The van der Waals surface area contributed by atoms with Gasteiger partial charge in [0.25, 0.3) is 0 Å². The van der Waals surface area contributed by atoms with Crippen LogP contribution in [0.3, 0.4) is 0 Å². The summed E-state index contributed by atoms with van der Waals surface area (Å²) in [5, 5.41) is 16.8. The fourth-order valence-corrected chi connectivity index (χ4v) is 4.59. The quantitative estimate of drug-likeness (QED) is 0.251. The average molecular weight is 541 g/mol. The molecule has 0 aliphatic heterocycles. The van der Waals surface area contributed by atoms with Crippen molar-refractivity contribution in [1.29, 1.82) is 0 Å². The number of hydrogen-bond donors (Lipinski definition) is 2. The van der Waals surface area contributed by atoms with Gasteiger partial charge in [-0.15, -0.1) is 4.91 Å². The SMILES string of the molecule is CCc1cc(-c2ccccc2[C@@H](C)OC[C@H](O)CNC(C)(C)Cc2ccc(Cl)cc2F)ccc1C(=O)N=O. The molecule has 8 heteroatoms. The van der Waals surface area contributed by atoms with E-state index in [1.165, 1.54) is 6.07 Å². The van der Waals surface area contributed by atoms with Crippen LogP contribution in [-0.2, 0) is 17.6 Å². The maximum absolute atomic E-state index is 14.2. The molecule has 38 heavy (non-hydrogen) atoms. The van der Waals surface area contributed by atoms with Crippen LogP contribution in [0.4, 0.5) is 4.39 Å². The van der Waals surface area contributed by atoms with Gasteiger partial charge in [0.2, 0.25) is 0 Å². The molecule has 202 valence electrons. The fourth-order valence-electron chi connectivity index (χ4n) is 4.43. The molecule has 0 saturated carbocycles. The van der Waals surface area contributed by atoms with Gasteiger partial charge in [-0.2, -0.15) is 0 Å². The van der Waals surface area contributed by atoms with Crippen LogP contribution >= 0.6 is 11.6 Å². The number of nitrogens with one attached hydrogen (secondary N) is 1. The Kier molecular flexibility index (Phi) is 10.3. The van der Waals surface area contributed by atoms with E-state index in [1.54, 1.807) is 24.3 Å². The van der Waals surface area contributed by atoms with Crippen molar-refractivity contribution in [3.63, 3.8) is 0 Å². The zero-order valence-electron chi connectivity index (χ0n) is 22.1. The lowest BCUT2D eigenvalue weighted by molar-refractivity contribution is -0.00398. The molecular weight excluding hydrogens is 507 g/mol. The molecule has 1 amide bonds. The Morgan fingerprint density at radius 2 is 1.87 bits per heavy atom. The number of β-amino-alcohol motifs (C(OH)–C–C–N with tert-alkyl or cyclic N) is 1. The number of nitroso groups, excluding NO2 is 1. The number of halogens is 2. The molecule has 2 N–H and O–H groups in total. The number of rotatable bonds is 12. The van der Waals surface area contributed by atoms with Gasteiger partial charge in [0.05, 0.1) is 18.8 Å². The van der Waals surface area contributed by atoms with E-state index in [1.807, 2.05) is 58.0 Å². The van der Waals surface area contributed by atoms with Gasteiger partial charge in [0, 0.05) is 27.8 Å². The number of aryl methyl sites for hydroxylation is 1. The second-order valence-electron chi connectivity index (χ2n) is 10.0. The van der Waals surface area contributed by atoms with E-state index in [-0.39, 0.29) is 25.1 Å². The first-order chi connectivity index (χ1) is 18.0. The Morgan fingerprint density at radius 1 is 1.13 bits per heavy atom. The second kappa shape index (κ2) is 13.2. The number of aliphatic hydroxyl groups is 1. The first-order valence-corrected chi connectivity index (χ1v) is 13.0. The highest BCUT2D eigenvalue weighted by atomic mass is 35.5. The summed E-state index contributed by atoms with van der Waals surface area (Å²) in [6, 6.07) is 17.7. The Balaban J connectivity index is 1.63. The molecule has 0 fully saturated rings. The maximum atomic E-state index is 14.2.